The van der Waals surface area contributed by atoms with Crippen LogP contribution in [0.15, 0.2) is 86.5 Å². The number of ether oxygens (including phenoxy) is 1. The number of amidine groups is 1. The van der Waals surface area contributed by atoms with Gasteiger partial charge in [0.1, 0.15) is 11.5 Å². The minimum atomic E-state index is -0.477. The average molecular weight is 462 g/mol. The summed E-state index contributed by atoms with van der Waals surface area (Å²) in [5, 5.41) is 19.8. The van der Waals surface area contributed by atoms with Crippen LogP contribution in [0.25, 0.3) is 6.08 Å². The summed E-state index contributed by atoms with van der Waals surface area (Å²) in [6, 6.07) is 16.9. The lowest BCUT2D eigenvalue weighted by Crippen LogP contribution is -2.28. The number of rotatable bonds is 7. The van der Waals surface area contributed by atoms with Crippen molar-refractivity contribution in [3.05, 3.63) is 98.8 Å². The van der Waals surface area contributed by atoms with Gasteiger partial charge in [-0.15, -0.1) is 5.10 Å². The van der Waals surface area contributed by atoms with E-state index in [1.54, 1.807) is 43.7 Å². The summed E-state index contributed by atoms with van der Waals surface area (Å²) in [6.45, 7) is 0.183. The van der Waals surface area contributed by atoms with Crippen LogP contribution in [-0.2, 0) is 11.3 Å². The number of nitro groups is 1. The van der Waals surface area contributed by atoms with Gasteiger partial charge in [-0.1, -0.05) is 12.1 Å². The molecule has 0 spiro atoms. The monoisotopic (exact) mass is 462 g/mol. The maximum atomic E-state index is 13.1. The molecule has 9 nitrogen and oxygen atoms in total. The predicted molar refractivity (Wildman–Crippen MR) is 126 cm³/mol. The standard InChI is InChI=1S/C23H18N4O5S/c1-31-19-9-7-16(8-10-19)14-24-25-23-26(15-20-6-3-11-32-20)22(28)21(33-23)13-17-4-2-5-18(12-17)27(29)30/h2-14H,15H2,1H3/b21-13-,24-14+,25-23-. The quantitative estimate of drug-likeness (QED) is 0.218. The second kappa shape index (κ2) is 9.96. The van der Waals surface area contributed by atoms with Crippen molar-refractivity contribution < 1.29 is 18.9 Å². The molecule has 0 unspecified atom stereocenters. The number of hydrogen-bond donors (Lipinski definition) is 0. The van der Waals surface area contributed by atoms with Crippen LogP contribution in [0.4, 0.5) is 5.69 Å². The largest absolute Gasteiger partial charge is 0.497 e. The molecule has 1 aromatic heterocycles. The molecular weight excluding hydrogens is 444 g/mol. The molecule has 3 aromatic rings. The molecule has 0 atom stereocenters. The Morgan fingerprint density at radius 2 is 1.97 bits per heavy atom. The van der Waals surface area contributed by atoms with Crippen molar-refractivity contribution in [1.82, 2.24) is 4.90 Å². The second-order valence-corrected chi connectivity index (χ2v) is 7.84. The van der Waals surface area contributed by atoms with Gasteiger partial charge in [-0.05, 0) is 65.4 Å². The minimum absolute atomic E-state index is 0.0507. The van der Waals surface area contributed by atoms with E-state index in [-0.39, 0.29) is 18.1 Å². The summed E-state index contributed by atoms with van der Waals surface area (Å²) in [4.78, 5) is 25.5. The molecule has 10 heteroatoms. The fraction of sp³-hybridized carbons (Fsp3) is 0.0870. The number of nitro benzene ring substituents is 1. The summed E-state index contributed by atoms with van der Waals surface area (Å²) in [5.74, 6) is 1.03. The number of furan rings is 1. The van der Waals surface area contributed by atoms with Gasteiger partial charge in [0.25, 0.3) is 11.6 Å². The van der Waals surface area contributed by atoms with Gasteiger partial charge >= 0.3 is 0 Å². The normalized spacial score (nSPS) is 16.3. The van der Waals surface area contributed by atoms with E-state index in [2.05, 4.69) is 10.2 Å². The lowest BCUT2D eigenvalue weighted by molar-refractivity contribution is -0.384. The van der Waals surface area contributed by atoms with Crippen LogP contribution in [0.2, 0.25) is 0 Å². The highest BCUT2D eigenvalue weighted by Gasteiger charge is 2.34. The van der Waals surface area contributed by atoms with Crippen LogP contribution in [0.3, 0.4) is 0 Å². The molecule has 4 rings (SSSR count). The third-order valence-corrected chi connectivity index (χ3v) is 5.62. The van der Waals surface area contributed by atoms with Crippen LogP contribution in [0, 0.1) is 10.1 Å². The van der Waals surface area contributed by atoms with Gasteiger partial charge < -0.3 is 9.15 Å². The van der Waals surface area contributed by atoms with E-state index in [9.17, 15) is 14.9 Å². The summed E-state index contributed by atoms with van der Waals surface area (Å²) < 4.78 is 10.5. The van der Waals surface area contributed by atoms with Crippen molar-refractivity contribution in [2.75, 3.05) is 7.11 Å². The van der Waals surface area contributed by atoms with E-state index in [1.807, 2.05) is 24.3 Å². The van der Waals surface area contributed by atoms with Crippen LogP contribution in [0.5, 0.6) is 5.75 Å². The van der Waals surface area contributed by atoms with Crippen LogP contribution < -0.4 is 4.74 Å². The number of amides is 1. The average Bonchev–Trinajstić information content (AvgIpc) is 3.44. The van der Waals surface area contributed by atoms with Gasteiger partial charge in [-0.25, -0.2) is 0 Å². The van der Waals surface area contributed by atoms with Gasteiger partial charge in [0, 0.05) is 12.1 Å². The predicted octanol–water partition coefficient (Wildman–Crippen LogP) is 4.70. The number of non-ortho nitro benzene ring substituents is 1. The zero-order valence-corrected chi connectivity index (χ0v) is 18.3. The molecule has 2 aromatic carbocycles. The van der Waals surface area contributed by atoms with Gasteiger partial charge in [0.2, 0.25) is 0 Å². The van der Waals surface area contributed by atoms with Gasteiger partial charge in [-0.3, -0.25) is 19.8 Å². The highest BCUT2D eigenvalue weighted by Crippen LogP contribution is 2.34. The molecule has 0 aliphatic carbocycles. The highest BCUT2D eigenvalue weighted by molar-refractivity contribution is 8.18. The number of carbonyl (C=O) groups is 1. The fourth-order valence-corrected chi connectivity index (χ4v) is 3.93. The zero-order valence-electron chi connectivity index (χ0n) is 17.5. The first kappa shape index (κ1) is 22.0. The summed E-state index contributed by atoms with van der Waals surface area (Å²) >= 11 is 1.14. The Morgan fingerprint density at radius 1 is 1.15 bits per heavy atom. The fourth-order valence-electron chi connectivity index (χ4n) is 2.99. The number of hydrogen-bond acceptors (Lipinski definition) is 8. The van der Waals surface area contributed by atoms with Gasteiger partial charge in [0.15, 0.2) is 5.17 Å². The van der Waals surface area contributed by atoms with Gasteiger partial charge in [-0.2, -0.15) is 5.10 Å². The molecule has 0 radical (unpaired) electrons. The molecule has 1 saturated heterocycles. The lowest BCUT2D eigenvalue weighted by Gasteiger charge is -2.12. The van der Waals surface area contributed by atoms with Crippen molar-refractivity contribution in [3.63, 3.8) is 0 Å². The Kier molecular flexibility index (Phi) is 6.65. The molecule has 166 valence electrons. The summed E-state index contributed by atoms with van der Waals surface area (Å²) in [7, 11) is 1.59. The van der Waals surface area contributed by atoms with Crippen molar-refractivity contribution in [2.45, 2.75) is 6.54 Å². The molecule has 1 aliphatic heterocycles. The molecule has 0 saturated carbocycles. The molecular formula is C23H18N4O5S. The van der Waals surface area contributed by atoms with E-state index in [0.29, 0.717) is 21.4 Å². The van der Waals surface area contributed by atoms with Crippen molar-refractivity contribution in [2.24, 2.45) is 10.2 Å². The molecule has 1 aliphatic rings. The second-order valence-electron chi connectivity index (χ2n) is 6.83. The van der Waals surface area contributed by atoms with Crippen molar-refractivity contribution in [3.8, 4) is 5.75 Å². The lowest BCUT2D eigenvalue weighted by atomic mass is 10.2. The van der Waals surface area contributed by atoms with Crippen molar-refractivity contribution in [1.29, 1.82) is 0 Å². The molecule has 2 heterocycles. The van der Waals surface area contributed by atoms with Crippen LogP contribution in [-0.4, -0.2) is 34.2 Å². The zero-order chi connectivity index (χ0) is 23.2. The number of methoxy groups -OCH3 is 1. The molecule has 0 N–H and O–H groups in total. The first-order valence-corrected chi connectivity index (χ1v) is 10.6. The third-order valence-electron chi connectivity index (χ3n) is 4.63. The SMILES string of the molecule is COc1ccc(/C=N/N=C2\S/C(=C\c3cccc([N+](=O)[O-])c3)C(=O)N2Cc2ccco2)cc1. The first-order valence-electron chi connectivity index (χ1n) is 9.77. The molecule has 0 bridgehead atoms. The maximum Gasteiger partial charge on any atom is 0.270 e. The maximum absolute atomic E-state index is 13.1. The summed E-state index contributed by atoms with van der Waals surface area (Å²) in [6.07, 6.45) is 4.71. The van der Waals surface area contributed by atoms with E-state index in [4.69, 9.17) is 9.15 Å². The number of carbonyl (C=O) groups excluding carboxylic acids is 1. The van der Waals surface area contributed by atoms with E-state index < -0.39 is 4.92 Å². The van der Waals surface area contributed by atoms with E-state index in [1.165, 1.54) is 23.3 Å². The Bertz CT molecular complexity index is 1250. The van der Waals surface area contributed by atoms with Crippen LogP contribution in [0.1, 0.15) is 16.9 Å². The Balaban J connectivity index is 1.61. The van der Waals surface area contributed by atoms with Crippen molar-refractivity contribution >= 4 is 40.8 Å². The topological polar surface area (TPSA) is 111 Å². The smallest absolute Gasteiger partial charge is 0.270 e. The Morgan fingerprint density at radius 3 is 2.67 bits per heavy atom. The first-order chi connectivity index (χ1) is 16.0. The van der Waals surface area contributed by atoms with Gasteiger partial charge in [0.05, 0.1) is 36.0 Å². The Hall–Kier alpha value is -4.18. The molecule has 1 fully saturated rings. The third kappa shape index (κ3) is 5.36. The number of benzene rings is 2. The molecule has 1 amide bonds. The van der Waals surface area contributed by atoms with E-state index >= 15 is 0 Å². The Labute approximate surface area is 193 Å². The minimum Gasteiger partial charge on any atom is -0.497 e. The number of thioether (sulfide) groups is 1. The van der Waals surface area contributed by atoms with Crippen LogP contribution >= 0.6 is 11.8 Å². The molecule has 33 heavy (non-hydrogen) atoms. The highest BCUT2D eigenvalue weighted by atomic mass is 32.2. The summed E-state index contributed by atoms with van der Waals surface area (Å²) in [5.41, 5.74) is 1.31. The number of nitrogens with zero attached hydrogens (tertiary/aromatic N) is 4. The van der Waals surface area contributed by atoms with E-state index in [0.717, 1.165) is 23.1 Å².